The number of sulfonamides is 1. The van der Waals surface area contributed by atoms with Gasteiger partial charge in [-0.05, 0) is 30.6 Å². The van der Waals surface area contributed by atoms with Crippen LogP contribution in [0.2, 0.25) is 0 Å². The molecule has 1 aliphatic carbocycles. The Hall–Kier alpha value is -0.600. The predicted octanol–water partition coefficient (Wildman–Crippen LogP) is 2.04. The maximum absolute atomic E-state index is 11.5. The van der Waals surface area contributed by atoms with Crippen LogP contribution in [0.15, 0.2) is 0 Å². The van der Waals surface area contributed by atoms with Crippen LogP contribution in [0.4, 0.5) is 0 Å². The molecule has 0 unspecified atom stereocenters. The molecule has 0 aliphatic heterocycles. The fraction of sp³-hybridized carbons (Fsp3) is 0.917. The van der Waals surface area contributed by atoms with Crippen LogP contribution < -0.4 is 4.72 Å². The van der Waals surface area contributed by atoms with E-state index >= 15 is 0 Å². The molecule has 5 heteroatoms. The lowest BCUT2D eigenvalue weighted by Gasteiger charge is -2.30. The van der Waals surface area contributed by atoms with Crippen LogP contribution in [0, 0.1) is 22.7 Å². The highest BCUT2D eigenvalue weighted by Crippen LogP contribution is 2.42. The van der Waals surface area contributed by atoms with Crippen LogP contribution in [-0.4, -0.2) is 20.7 Å². The van der Waals surface area contributed by atoms with Crippen molar-refractivity contribution in [2.24, 2.45) is 11.3 Å². The van der Waals surface area contributed by atoms with E-state index in [4.69, 9.17) is 5.26 Å². The van der Waals surface area contributed by atoms with Gasteiger partial charge in [0.1, 0.15) is 0 Å². The average Bonchev–Trinajstić information content (AvgIpc) is 2.63. The van der Waals surface area contributed by atoms with E-state index < -0.39 is 15.8 Å². The molecule has 4 nitrogen and oxygen atoms in total. The molecule has 0 spiro atoms. The van der Waals surface area contributed by atoms with Crippen molar-refractivity contribution in [3.05, 3.63) is 0 Å². The standard InChI is InChI=1S/C12H22N2O2S/c1-11(2)9-12(5-3-4-6-12)10-14-17(15,16)8-7-13/h11,14H,3-6,8-10H2,1-2H3. The summed E-state index contributed by atoms with van der Waals surface area (Å²) in [5.41, 5.74) is 0.122. The van der Waals surface area contributed by atoms with E-state index in [-0.39, 0.29) is 5.41 Å². The second-order valence-corrected chi connectivity index (χ2v) is 7.35. The first-order valence-electron chi connectivity index (χ1n) is 6.23. The molecule has 1 aliphatic rings. The van der Waals surface area contributed by atoms with Gasteiger partial charge in [0.2, 0.25) is 10.0 Å². The van der Waals surface area contributed by atoms with Gasteiger partial charge in [-0.15, -0.1) is 0 Å². The summed E-state index contributed by atoms with van der Waals surface area (Å²) in [6.45, 7) is 4.84. The summed E-state index contributed by atoms with van der Waals surface area (Å²) in [6.07, 6.45) is 5.63. The van der Waals surface area contributed by atoms with Crippen molar-refractivity contribution >= 4 is 10.0 Å². The summed E-state index contributed by atoms with van der Waals surface area (Å²) in [5, 5.41) is 8.43. The van der Waals surface area contributed by atoms with Crippen LogP contribution in [-0.2, 0) is 10.0 Å². The largest absolute Gasteiger partial charge is 0.225 e. The maximum Gasteiger partial charge on any atom is 0.225 e. The Labute approximate surface area is 104 Å². The van der Waals surface area contributed by atoms with E-state index in [0.717, 1.165) is 19.3 Å². The molecule has 1 fully saturated rings. The number of nitriles is 1. The summed E-state index contributed by atoms with van der Waals surface area (Å²) < 4.78 is 25.6. The molecular formula is C12H22N2O2S. The molecule has 17 heavy (non-hydrogen) atoms. The average molecular weight is 258 g/mol. The minimum atomic E-state index is -3.40. The molecule has 0 atom stereocenters. The summed E-state index contributed by atoms with van der Waals surface area (Å²) in [7, 11) is -3.40. The zero-order valence-electron chi connectivity index (χ0n) is 10.7. The van der Waals surface area contributed by atoms with Crippen LogP contribution >= 0.6 is 0 Å². The van der Waals surface area contributed by atoms with Gasteiger partial charge in [-0.2, -0.15) is 5.26 Å². The lowest BCUT2D eigenvalue weighted by Crippen LogP contribution is -2.37. The van der Waals surface area contributed by atoms with Crippen molar-refractivity contribution in [2.75, 3.05) is 12.3 Å². The molecule has 0 aromatic heterocycles. The van der Waals surface area contributed by atoms with Gasteiger partial charge in [0.15, 0.2) is 5.75 Å². The van der Waals surface area contributed by atoms with Crippen molar-refractivity contribution in [2.45, 2.75) is 46.0 Å². The van der Waals surface area contributed by atoms with Gasteiger partial charge in [-0.25, -0.2) is 13.1 Å². The zero-order valence-corrected chi connectivity index (χ0v) is 11.5. The summed E-state index contributed by atoms with van der Waals surface area (Å²) in [5.74, 6) is 0.138. The van der Waals surface area contributed by atoms with E-state index in [0.29, 0.717) is 12.5 Å². The third kappa shape index (κ3) is 4.64. The van der Waals surface area contributed by atoms with E-state index in [1.165, 1.54) is 12.8 Å². The highest BCUT2D eigenvalue weighted by atomic mass is 32.2. The summed E-state index contributed by atoms with van der Waals surface area (Å²) in [4.78, 5) is 0. The van der Waals surface area contributed by atoms with Gasteiger partial charge in [0, 0.05) is 6.54 Å². The van der Waals surface area contributed by atoms with Crippen LogP contribution in [0.5, 0.6) is 0 Å². The Morgan fingerprint density at radius 3 is 2.41 bits per heavy atom. The molecule has 0 saturated heterocycles. The third-order valence-corrected chi connectivity index (χ3v) is 4.52. The lowest BCUT2D eigenvalue weighted by atomic mass is 9.79. The van der Waals surface area contributed by atoms with Gasteiger partial charge in [0.25, 0.3) is 0 Å². The molecule has 0 aromatic rings. The Balaban J connectivity index is 2.60. The molecule has 0 radical (unpaired) electrons. The van der Waals surface area contributed by atoms with Crippen LogP contribution in [0.25, 0.3) is 0 Å². The number of hydrogen-bond acceptors (Lipinski definition) is 3. The summed E-state index contributed by atoms with van der Waals surface area (Å²) in [6, 6.07) is 1.69. The maximum atomic E-state index is 11.5. The fourth-order valence-corrected chi connectivity index (χ4v) is 3.64. The number of rotatable bonds is 6. The third-order valence-electron chi connectivity index (χ3n) is 3.43. The Morgan fingerprint density at radius 2 is 1.94 bits per heavy atom. The topological polar surface area (TPSA) is 70.0 Å². The monoisotopic (exact) mass is 258 g/mol. The molecule has 0 heterocycles. The lowest BCUT2D eigenvalue weighted by molar-refractivity contribution is 0.236. The molecule has 1 N–H and O–H groups in total. The Kier molecular flexibility index (Phi) is 4.96. The quantitative estimate of drug-likeness (QED) is 0.792. The minimum Gasteiger partial charge on any atom is -0.214 e. The summed E-state index contributed by atoms with van der Waals surface area (Å²) >= 11 is 0. The van der Waals surface area contributed by atoms with E-state index in [1.54, 1.807) is 6.07 Å². The van der Waals surface area contributed by atoms with Crippen molar-refractivity contribution in [1.29, 1.82) is 5.26 Å². The van der Waals surface area contributed by atoms with Crippen LogP contribution in [0.1, 0.15) is 46.0 Å². The second kappa shape index (κ2) is 5.83. The van der Waals surface area contributed by atoms with Gasteiger partial charge in [-0.3, -0.25) is 0 Å². The Bertz CT molecular complexity index is 376. The number of hydrogen-bond donors (Lipinski definition) is 1. The minimum absolute atomic E-state index is 0.122. The Morgan fingerprint density at radius 1 is 1.35 bits per heavy atom. The smallest absolute Gasteiger partial charge is 0.214 e. The van der Waals surface area contributed by atoms with Crippen molar-refractivity contribution in [1.82, 2.24) is 4.72 Å². The predicted molar refractivity (Wildman–Crippen MR) is 67.8 cm³/mol. The van der Waals surface area contributed by atoms with Crippen LogP contribution in [0.3, 0.4) is 0 Å². The van der Waals surface area contributed by atoms with Gasteiger partial charge in [-0.1, -0.05) is 26.7 Å². The molecule has 1 rings (SSSR count). The van der Waals surface area contributed by atoms with E-state index in [2.05, 4.69) is 18.6 Å². The van der Waals surface area contributed by atoms with E-state index in [9.17, 15) is 8.42 Å². The molecule has 0 aromatic carbocycles. The highest BCUT2D eigenvalue weighted by molar-refractivity contribution is 7.89. The van der Waals surface area contributed by atoms with Gasteiger partial charge >= 0.3 is 0 Å². The van der Waals surface area contributed by atoms with Crippen molar-refractivity contribution in [3.8, 4) is 6.07 Å². The first-order valence-corrected chi connectivity index (χ1v) is 7.89. The van der Waals surface area contributed by atoms with Gasteiger partial charge < -0.3 is 0 Å². The fourth-order valence-electron chi connectivity index (χ4n) is 2.84. The van der Waals surface area contributed by atoms with E-state index in [1.807, 2.05) is 0 Å². The molecule has 98 valence electrons. The molecule has 0 bridgehead atoms. The SMILES string of the molecule is CC(C)CC1(CNS(=O)(=O)CC#N)CCCC1. The second-order valence-electron chi connectivity index (χ2n) is 5.54. The normalized spacial score (nSPS) is 19.4. The first kappa shape index (κ1) is 14.5. The van der Waals surface area contributed by atoms with Crippen molar-refractivity contribution < 1.29 is 8.42 Å². The zero-order chi connectivity index (χ0) is 12.9. The van der Waals surface area contributed by atoms with Crippen molar-refractivity contribution in [3.63, 3.8) is 0 Å². The first-order chi connectivity index (χ1) is 7.89. The molecule has 1 saturated carbocycles. The number of nitrogens with zero attached hydrogens (tertiary/aromatic N) is 1. The van der Waals surface area contributed by atoms with Gasteiger partial charge in [0.05, 0.1) is 6.07 Å². The molecular weight excluding hydrogens is 236 g/mol. The number of nitrogens with one attached hydrogen (secondary N) is 1. The highest BCUT2D eigenvalue weighted by Gasteiger charge is 2.35. The molecule has 0 amide bonds.